The molecule has 1 aliphatic heterocycles. The van der Waals surface area contributed by atoms with Gasteiger partial charge in [0, 0.05) is 23.1 Å². The van der Waals surface area contributed by atoms with E-state index < -0.39 is 0 Å². The van der Waals surface area contributed by atoms with Gasteiger partial charge in [-0.2, -0.15) is 0 Å². The average Bonchev–Trinajstić information content (AvgIpc) is 2.65. The molecule has 1 N–H and O–H groups in total. The Morgan fingerprint density at radius 2 is 2.12 bits per heavy atom. The van der Waals surface area contributed by atoms with Crippen LogP contribution in [-0.4, -0.2) is 28.1 Å². The second kappa shape index (κ2) is 3.99. The van der Waals surface area contributed by atoms with Gasteiger partial charge in [0.1, 0.15) is 5.69 Å². The van der Waals surface area contributed by atoms with Crippen molar-refractivity contribution in [1.29, 1.82) is 0 Å². The van der Waals surface area contributed by atoms with Crippen LogP contribution in [0.25, 0.3) is 11.3 Å². The minimum Gasteiger partial charge on any atom is -0.312 e. The first kappa shape index (κ1) is 9.99. The van der Waals surface area contributed by atoms with Crippen molar-refractivity contribution in [2.75, 3.05) is 13.1 Å². The van der Waals surface area contributed by atoms with E-state index in [2.05, 4.69) is 31.6 Å². The minimum atomic E-state index is 0.462. The van der Waals surface area contributed by atoms with Crippen LogP contribution in [0.15, 0.2) is 34.9 Å². The van der Waals surface area contributed by atoms with Crippen LogP contribution in [0, 0.1) is 0 Å². The maximum atomic E-state index is 4.21. The second-order valence-electron chi connectivity index (χ2n) is 3.88. The van der Waals surface area contributed by atoms with Crippen LogP contribution in [0.2, 0.25) is 0 Å². The zero-order valence-corrected chi connectivity index (χ0v) is 10.2. The number of benzene rings is 1. The summed E-state index contributed by atoms with van der Waals surface area (Å²) in [6.45, 7) is 1.97. The van der Waals surface area contributed by atoms with E-state index in [0.29, 0.717) is 6.04 Å². The Morgan fingerprint density at radius 3 is 2.81 bits per heavy atom. The van der Waals surface area contributed by atoms with Crippen LogP contribution in [0.1, 0.15) is 6.04 Å². The van der Waals surface area contributed by atoms with Crippen LogP contribution >= 0.6 is 15.9 Å². The van der Waals surface area contributed by atoms with E-state index in [9.17, 15) is 0 Å². The Bertz CT molecular complexity index is 504. The number of nitrogens with one attached hydrogen (secondary N) is 1. The topological polar surface area (TPSA) is 42.7 Å². The van der Waals surface area contributed by atoms with E-state index in [1.54, 1.807) is 0 Å². The molecule has 0 spiro atoms. The highest BCUT2D eigenvalue weighted by Crippen LogP contribution is 2.26. The molecular weight excluding hydrogens is 268 g/mol. The van der Waals surface area contributed by atoms with Crippen molar-refractivity contribution in [2.45, 2.75) is 6.04 Å². The van der Waals surface area contributed by atoms with Crippen LogP contribution < -0.4 is 5.32 Å². The lowest BCUT2D eigenvalue weighted by atomic mass is 10.1. The normalized spacial score (nSPS) is 16.1. The van der Waals surface area contributed by atoms with Crippen LogP contribution in [-0.2, 0) is 0 Å². The number of hydrogen-bond donors (Lipinski definition) is 1. The maximum Gasteiger partial charge on any atom is 0.114 e. The highest BCUT2D eigenvalue weighted by molar-refractivity contribution is 9.10. The van der Waals surface area contributed by atoms with Gasteiger partial charge in [0.25, 0.3) is 0 Å². The first-order valence-electron chi connectivity index (χ1n) is 5.22. The van der Waals surface area contributed by atoms with Gasteiger partial charge in [0.2, 0.25) is 0 Å². The molecule has 1 aliphatic rings. The quantitative estimate of drug-likeness (QED) is 0.912. The largest absolute Gasteiger partial charge is 0.312 e. The van der Waals surface area contributed by atoms with Crippen LogP contribution in [0.4, 0.5) is 0 Å². The fourth-order valence-corrected chi connectivity index (χ4v) is 2.20. The molecule has 5 heteroatoms. The van der Waals surface area contributed by atoms with Gasteiger partial charge in [0.05, 0.1) is 12.2 Å². The highest BCUT2D eigenvalue weighted by atomic mass is 79.9. The molecule has 82 valence electrons. The van der Waals surface area contributed by atoms with E-state index in [-0.39, 0.29) is 0 Å². The molecule has 1 saturated heterocycles. The van der Waals surface area contributed by atoms with Gasteiger partial charge in [-0.25, -0.2) is 4.68 Å². The molecule has 3 rings (SSSR count). The number of halogens is 1. The van der Waals surface area contributed by atoms with Gasteiger partial charge in [-0.3, -0.25) is 0 Å². The Balaban J connectivity index is 1.95. The predicted octanol–water partition coefficient (Wildman–Crippen LogP) is 1.85. The summed E-state index contributed by atoms with van der Waals surface area (Å²) in [6.07, 6.45) is 2.01. The number of aromatic nitrogens is 3. The zero-order chi connectivity index (χ0) is 11.0. The smallest absolute Gasteiger partial charge is 0.114 e. The summed E-state index contributed by atoms with van der Waals surface area (Å²) in [5, 5.41) is 11.6. The Labute approximate surface area is 102 Å². The summed E-state index contributed by atoms with van der Waals surface area (Å²) in [6, 6.07) is 8.51. The molecule has 4 nitrogen and oxygen atoms in total. The lowest BCUT2D eigenvalue weighted by Crippen LogP contribution is -2.43. The van der Waals surface area contributed by atoms with Gasteiger partial charge < -0.3 is 5.32 Å². The molecule has 0 amide bonds. The molecule has 2 heterocycles. The summed E-state index contributed by atoms with van der Waals surface area (Å²) >= 11 is 3.52. The van der Waals surface area contributed by atoms with Crippen molar-refractivity contribution in [1.82, 2.24) is 20.3 Å². The lowest BCUT2D eigenvalue weighted by Gasteiger charge is -2.26. The summed E-state index contributed by atoms with van der Waals surface area (Å²) in [5.74, 6) is 0. The lowest BCUT2D eigenvalue weighted by molar-refractivity contribution is 0.313. The van der Waals surface area contributed by atoms with E-state index in [0.717, 1.165) is 28.8 Å². The number of rotatable bonds is 2. The molecule has 0 atom stereocenters. The van der Waals surface area contributed by atoms with E-state index in [1.807, 2.05) is 35.1 Å². The van der Waals surface area contributed by atoms with Crippen molar-refractivity contribution in [3.8, 4) is 11.3 Å². The third kappa shape index (κ3) is 1.66. The molecule has 0 radical (unpaired) electrons. The Hall–Kier alpha value is -1.20. The van der Waals surface area contributed by atoms with Gasteiger partial charge in [-0.05, 0) is 6.07 Å². The van der Waals surface area contributed by atoms with Crippen molar-refractivity contribution in [3.05, 3.63) is 34.9 Å². The highest BCUT2D eigenvalue weighted by Gasteiger charge is 2.20. The fraction of sp³-hybridized carbons (Fsp3) is 0.273. The first-order chi connectivity index (χ1) is 7.84. The van der Waals surface area contributed by atoms with Crippen molar-refractivity contribution >= 4 is 15.9 Å². The fourth-order valence-electron chi connectivity index (χ4n) is 1.71. The average molecular weight is 279 g/mol. The number of hydrogen-bond acceptors (Lipinski definition) is 3. The van der Waals surface area contributed by atoms with Crippen molar-refractivity contribution in [3.63, 3.8) is 0 Å². The van der Waals surface area contributed by atoms with E-state index in [1.165, 1.54) is 0 Å². The molecule has 0 saturated carbocycles. The standard InChI is InChI=1S/C11H11BrN4/c12-10-4-2-1-3-9(10)11-7-16(15-14-11)8-5-13-6-8/h1-4,7-8,13H,5-6H2. The van der Waals surface area contributed by atoms with Crippen LogP contribution in [0.5, 0.6) is 0 Å². The molecule has 1 fully saturated rings. The zero-order valence-electron chi connectivity index (χ0n) is 8.60. The Morgan fingerprint density at radius 1 is 1.31 bits per heavy atom. The summed E-state index contributed by atoms with van der Waals surface area (Å²) in [5.41, 5.74) is 2.00. The summed E-state index contributed by atoms with van der Waals surface area (Å²) in [7, 11) is 0. The molecule has 0 unspecified atom stereocenters. The number of nitrogens with zero attached hydrogens (tertiary/aromatic N) is 3. The third-order valence-electron chi connectivity index (χ3n) is 2.79. The molecule has 0 bridgehead atoms. The van der Waals surface area contributed by atoms with Crippen molar-refractivity contribution in [2.24, 2.45) is 0 Å². The SMILES string of the molecule is Brc1ccccc1-c1cn(C2CNC2)nn1. The molecular formula is C11H11BrN4. The molecule has 0 aliphatic carbocycles. The van der Waals surface area contributed by atoms with E-state index >= 15 is 0 Å². The molecule has 16 heavy (non-hydrogen) atoms. The van der Waals surface area contributed by atoms with Gasteiger partial charge in [0.15, 0.2) is 0 Å². The predicted molar refractivity (Wildman–Crippen MR) is 65.1 cm³/mol. The summed E-state index contributed by atoms with van der Waals surface area (Å²) in [4.78, 5) is 0. The molecule has 1 aromatic heterocycles. The Kier molecular flexibility index (Phi) is 2.49. The minimum absolute atomic E-state index is 0.462. The van der Waals surface area contributed by atoms with Crippen LogP contribution in [0.3, 0.4) is 0 Å². The first-order valence-corrected chi connectivity index (χ1v) is 6.01. The maximum absolute atomic E-state index is 4.21. The molecule has 1 aromatic carbocycles. The monoisotopic (exact) mass is 278 g/mol. The van der Waals surface area contributed by atoms with Crippen molar-refractivity contribution < 1.29 is 0 Å². The molecule has 2 aromatic rings. The summed E-state index contributed by atoms with van der Waals surface area (Å²) < 4.78 is 2.99. The second-order valence-corrected chi connectivity index (χ2v) is 4.73. The third-order valence-corrected chi connectivity index (χ3v) is 3.49. The van der Waals surface area contributed by atoms with Gasteiger partial charge in [-0.1, -0.05) is 39.3 Å². The van der Waals surface area contributed by atoms with Gasteiger partial charge in [-0.15, -0.1) is 5.10 Å². The van der Waals surface area contributed by atoms with Gasteiger partial charge >= 0.3 is 0 Å². The van der Waals surface area contributed by atoms with E-state index in [4.69, 9.17) is 0 Å².